The lowest BCUT2D eigenvalue weighted by molar-refractivity contribution is -0.118. The maximum atomic E-state index is 11.0. The van der Waals surface area contributed by atoms with Crippen LogP contribution in [-0.4, -0.2) is 11.8 Å². The number of benzene rings is 1. The molecule has 1 aromatic heterocycles. The molecule has 78 valence electrons. The van der Waals surface area contributed by atoms with E-state index in [0.717, 1.165) is 5.56 Å². The first-order valence-corrected chi connectivity index (χ1v) is 6.00. The molecule has 2 rings (SSSR count). The third kappa shape index (κ3) is 2.30. The van der Waals surface area contributed by atoms with Crippen molar-refractivity contribution < 1.29 is 4.79 Å². The lowest BCUT2D eigenvalue weighted by atomic mass is 10.1. The topological polar surface area (TPSA) is 29.1 Å². The monoisotopic (exact) mass is 239 g/mol. The van der Waals surface area contributed by atoms with Gasteiger partial charge < -0.3 is 5.32 Å². The normalized spacial score (nSPS) is 10.5. The molecule has 0 spiro atoms. The van der Waals surface area contributed by atoms with Gasteiger partial charge in [-0.25, -0.2) is 0 Å². The molecule has 0 atom stereocenters. The van der Waals surface area contributed by atoms with Crippen molar-refractivity contribution in [1.82, 2.24) is 5.32 Å². The quantitative estimate of drug-likeness (QED) is 0.820. The first kappa shape index (κ1) is 10.5. The van der Waals surface area contributed by atoms with Crippen molar-refractivity contribution in [3.05, 3.63) is 35.2 Å². The number of hydrogen-bond acceptors (Lipinski definition) is 2. The van der Waals surface area contributed by atoms with Gasteiger partial charge in [0.2, 0.25) is 5.91 Å². The Morgan fingerprint density at radius 1 is 1.40 bits per heavy atom. The molecular formula is C11H10ClNOS. The van der Waals surface area contributed by atoms with Gasteiger partial charge in [-0.2, -0.15) is 0 Å². The van der Waals surface area contributed by atoms with Gasteiger partial charge in [0.1, 0.15) is 5.88 Å². The van der Waals surface area contributed by atoms with Crippen LogP contribution in [0.25, 0.3) is 10.1 Å². The van der Waals surface area contributed by atoms with E-state index >= 15 is 0 Å². The SMILES string of the molecule is O=C(CCl)NCc1cccc2sccc12. The molecule has 0 aliphatic carbocycles. The van der Waals surface area contributed by atoms with Gasteiger partial charge in [-0.1, -0.05) is 12.1 Å². The summed E-state index contributed by atoms with van der Waals surface area (Å²) in [5.74, 6) is -0.122. The second-order valence-corrected chi connectivity index (χ2v) is 4.37. The molecule has 0 saturated carbocycles. The molecule has 2 nitrogen and oxygen atoms in total. The number of carbonyl (C=O) groups is 1. The van der Waals surface area contributed by atoms with Crippen molar-refractivity contribution in [2.45, 2.75) is 6.54 Å². The van der Waals surface area contributed by atoms with Crippen molar-refractivity contribution in [3.8, 4) is 0 Å². The molecule has 2 aromatic rings. The van der Waals surface area contributed by atoms with E-state index in [4.69, 9.17) is 11.6 Å². The Bertz CT molecular complexity index is 480. The highest BCUT2D eigenvalue weighted by atomic mass is 35.5. The summed E-state index contributed by atoms with van der Waals surface area (Å²) in [6.07, 6.45) is 0. The number of alkyl halides is 1. The van der Waals surface area contributed by atoms with Crippen molar-refractivity contribution in [2.24, 2.45) is 0 Å². The number of carbonyl (C=O) groups excluding carboxylic acids is 1. The molecule has 1 aromatic carbocycles. The average Bonchev–Trinajstić information content (AvgIpc) is 2.74. The van der Waals surface area contributed by atoms with Crippen LogP contribution in [-0.2, 0) is 11.3 Å². The van der Waals surface area contributed by atoms with Crippen molar-refractivity contribution in [1.29, 1.82) is 0 Å². The molecule has 1 amide bonds. The average molecular weight is 240 g/mol. The Kier molecular flexibility index (Phi) is 3.23. The highest BCUT2D eigenvalue weighted by Crippen LogP contribution is 2.23. The standard InChI is InChI=1S/C11H10ClNOS/c12-6-11(14)13-7-8-2-1-3-10-9(8)4-5-15-10/h1-5H,6-7H2,(H,13,14). The minimum absolute atomic E-state index is 0.0135. The van der Waals surface area contributed by atoms with E-state index in [0.29, 0.717) is 6.54 Å². The molecule has 0 fully saturated rings. The fraction of sp³-hybridized carbons (Fsp3) is 0.182. The smallest absolute Gasteiger partial charge is 0.235 e. The summed E-state index contributed by atoms with van der Waals surface area (Å²) in [5, 5.41) is 6.02. The Hall–Kier alpha value is -1.06. The van der Waals surface area contributed by atoms with E-state index in [2.05, 4.69) is 22.8 Å². The summed E-state index contributed by atoms with van der Waals surface area (Å²) in [5.41, 5.74) is 1.13. The molecular weight excluding hydrogens is 230 g/mol. The van der Waals surface area contributed by atoms with Gasteiger partial charge >= 0.3 is 0 Å². The summed E-state index contributed by atoms with van der Waals surface area (Å²) in [6.45, 7) is 0.541. The van der Waals surface area contributed by atoms with Gasteiger partial charge in [-0.05, 0) is 28.5 Å². The largest absolute Gasteiger partial charge is 0.351 e. The van der Waals surface area contributed by atoms with Crippen LogP contribution in [0.2, 0.25) is 0 Å². The lowest BCUT2D eigenvalue weighted by Gasteiger charge is -2.04. The van der Waals surface area contributed by atoms with Crippen molar-refractivity contribution in [3.63, 3.8) is 0 Å². The highest BCUT2D eigenvalue weighted by molar-refractivity contribution is 7.17. The zero-order chi connectivity index (χ0) is 10.7. The van der Waals surface area contributed by atoms with E-state index in [1.54, 1.807) is 11.3 Å². The second kappa shape index (κ2) is 4.64. The zero-order valence-corrected chi connectivity index (χ0v) is 9.57. The third-order valence-electron chi connectivity index (χ3n) is 2.18. The summed E-state index contributed by atoms with van der Waals surface area (Å²) in [6, 6.07) is 8.17. The highest BCUT2D eigenvalue weighted by Gasteiger charge is 2.03. The molecule has 0 radical (unpaired) electrons. The van der Waals surface area contributed by atoms with Crippen molar-refractivity contribution in [2.75, 3.05) is 5.88 Å². The first-order valence-electron chi connectivity index (χ1n) is 4.59. The van der Waals surface area contributed by atoms with Crippen molar-refractivity contribution >= 4 is 38.9 Å². The van der Waals surface area contributed by atoms with Gasteiger partial charge in [0.05, 0.1) is 0 Å². The van der Waals surface area contributed by atoms with E-state index in [9.17, 15) is 4.79 Å². The number of rotatable bonds is 3. The van der Waals surface area contributed by atoms with Crippen LogP contribution in [0.4, 0.5) is 0 Å². The van der Waals surface area contributed by atoms with Crippen LogP contribution in [0.15, 0.2) is 29.6 Å². The number of fused-ring (bicyclic) bond motifs is 1. The molecule has 1 heterocycles. The Balaban J connectivity index is 2.20. The van der Waals surface area contributed by atoms with Crippen LogP contribution < -0.4 is 5.32 Å². The molecule has 0 saturated heterocycles. The third-order valence-corrected chi connectivity index (χ3v) is 3.31. The first-order chi connectivity index (χ1) is 7.31. The second-order valence-electron chi connectivity index (χ2n) is 3.16. The number of thiophene rings is 1. The fourth-order valence-corrected chi connectivity index (χ4v) is 2.38. The molecule has 0 aliphatic rings. The summed E-state index contributed by atoms with van der Waals surface area (Å²) in [4.78, 5) is 11.0. The van der Waals surface area contributed by atoms with Gasteiger partial charge in [0, 0.05) is 11.2 Å². The maximum absolute atomic E-state index is 11.0. The van der Waals surface area contributed by atoms with Crippen LogP contribution in [0.5, 0.6) is 0 Å². The molecule has 4 heteroatoms. The fourth-order valence-electron chi connectivity index (χ4n) is 1.45. The van der Waals surface area contributed by atoms with Crippen LogP contribution in [0, 0.1) is 0 Å². The number of nitrogens with one attached hydrogen (secondary N) is 1. The molecule has 0 unspecified atom stereocenters. The summed E-state index contributed by atoms with van der Waals surface area (Å²) < 4.78 is 1.24. The summed E-state index contributed by atoms with van der Waals surface area (Å²) >= 11 is 7.11. The minimum Gasteiger partial charge on any atom is -0.351 e. The van der Waals surface area contributed by atoms with Crippen LogP contribution in [0.3, 0.4) is 0 Å². The molecule has 0 bridgehead atoms. The van der Waals surface area contributed by atoms with E-state index in [1.165, 1.54) is 10.1 Å². The predicted molar refractivity (Wildman–Crippen MR) is 64.4 cm³/mol. The zero-order valence-electron chi connectivity index (χ0n) is 8.00. The summed E-state index contributed by atoms with van der Waals surface area (Å²) in [7, 11) is 0. The van der Waals surface area contributed by atoms with Gasteiger partial charge in [-0.15, -0.1) is 22.9 Å². The molecule has 15 heavy (non-hydrogen) atoms. The number of hydrogen-bond donors (Lipinski definition) is 1. The Labute approximate surface area is 96.9 Å². The Morgan fingerprint density at radius 2 is 2.27 bits per heavy atom. The van der Waals surface area contributed by atoms with E-state index in [1.807, 2.05) is 12.1 Å². The number of amides is 1. The molecule has 1 N–H and O–H groups in total. The van der Waals surface area contributed by atoms with E-state index < -0.39 is 0 Å². The number of halogens is 1. The van der Waals surface area contributed by atoms with E-state index in [-0.39, 0.29) is 11.8 Å². The maximum Gasteiger partial charge on any atom is 0.235 e. The predicted octanol–water partition coefficient (Wildman–Crippen LogP) is 2.76. The van der Waals surface area contributed by atoms with Crippen LogP contribution >= 0.6 is 22.9 Å². The van der Waals surface area contributed by atoms with Crippen LogP contribution in [0.1, 0.15) is 5.56 Å². The minimum atomic E-state index is -0.135. The van der Waals surface area contributed by atoms with Gasteiger partial charge in [-0.3, -0.25) is 4.79 Å². The lowest BCUT2D eigenvalue weighted by Crippen LogP contribution is -2.23. The molecule has 0 aliphatic heterocycles. The van der Waals surface area contributed by atoms with Gasteiger partial charge in [0.15, 0.2) is 0 Å². The Morgan fingerprint density at radius 3 is 3.07 bits per heavy atom. The van der Waals surface area contributed by atoms with Gasteiger partial charge in [0.25, 0.3) is 0 Å².